The second-order valence-corrected chi connectivity index (χ2v) is 7.53. The normalized spacial score (nSPS) is 10.9. The summed E-state index contributed by atoms with van der Waals surface area (Å²) in [6.07, 6.45) is 0. The van der Waals surface area contributed by atoms with E-state index in [0.29, 0.717) is 5.75 Å². The third-order valence-corrected chi connectivity index (χ3v) is 5.63. The highest BCUT2D eigenvalue weighted by atomic mass is 32.2. The van der Waals surface area contributed by atoms with Gasteiger partial charge in [0.05, 0.1) is 10.6 Å². The highest BCUT2D eigenvalue weighted by Crippen LogP contribution is 2.26. The lowest BCUT2D eigenvalue weighted by atomic mass is 10.1. The fourth-order valence-electron chi connectivity index (χ4n) is 2.28. The van der Waals surface area contributed by atoms with Crippen molar-refractivity contribution >= 4 is 28.9 Å². The molecule has 23 heavy (non-hydrogen) atoms. The zero-order valence-electron chi connectivity index (χ0n) is 13.2. The molecule has 0 N–H and O–H groups in total. The van der Waals surface area contributed by atoms with Gasteiger partial charge in [-0.25, -0.2) is 0 Å². The van der Waals surface area contributed by atoms with Gasteiger partial charge in [0, 0.05) is 17.5 Å². The van der Waals surface area contributed by atoms with Gasteiger partial charge in [-0.05, 0) is 31.5 Å². The highest BCUT2D eigenvalue weighted by Gasteiger charge is 2.15. The minimum Gasteiger partial charge on any atom is -0.305 e. The van der Waals surface area contributed by atoms with Crippen LogP contribution in [-0.4, -0.2) is 26.3 Å². The van der Waals surface area contributed by atoms with E-state index >= 15 is 0 Å². The summed E-state index contributed by atoms with van der Waals surface area (Å²) in [4.78, 5) is 14.2. The highest BCUT2D eigenvalue weighted by molar-refractivity contribution is 7.99. The summed E-state index contributed by atoms with van der Waals surface area (Å²) in [7, 11) is 1.93. The molecule has 2 heterocycles. The molecular formula is C17H17N3OS2. The van der Waals surface area contributed by atoms with Gasteiger partial charge in [0.15, 0.2) is 16.8 Å². The number of thioether (sulfide) groups is 1. The molecule has 6 heteroatoms. The summed E-state index contributed by atoms with van der Waals surface area (Å²) < 4.78 is 1.94. The number of carbonyl (C=O) groups excluding carboxylic acids is 1. The van der Waals surface area contributed by atoms with Crippen molar-refractivity contribution in [2.45, 2.75) is 19.0 Å². The van der Waals surface area contributed by atoms with Crippen LogP contribution in [0, 0.1) is 13.8 Å². The number of nitrogens with zero attached hydrogens (tertiary/aromatic N) is 3. The number of Topliss-reactive ketones (excluding diaryl/α,β-unsaturated/α-hetero) is 1. The Morgan fingerprint density at radius 2 is 1.96 bits per heavy atom. The molecule has 0 spiro atoms. The molecule has 4 nitrogen and oxygen atoms in total. The molecule has 3 rings (SSSR count). The van der Waals surface area contributed by atoms with E-state index < -0.39 is 0 Å². The van der Waals surface area contributed by atoms with Crippen molar-refractivity contribution in [1.29, 1.82) is 0 Å². The zero-order chi connectivity index (χ0) is 16.4. The second-order valence-electron chi connectivity index (χ2n) is 5.30. The molecule has 2 aromatic heterocycles. The van der Waals surface area contributed by atoms with Gasteiger partial charge in [-0.3, -0.25) is 4.79 Å². The summed E-state index contributed by atoms with van der Waals surface area (Å²) in [5.74, 6) is 1.33. The molecule has 0 bridgehead atoms. The van der Waals surface area contributed by atoms with E-state index in [2.05, 4.69) is 23.2 Å². The monoisotopic (exact) mass is 343 g/mol. The average Bonchev–Trinajstić information content (AvgIpc) is 3.12. The molecule has 0 aliphatic rings. The van der Waals surface area contributed by atoms with Crippen molar-refractivity contribution in [3.05, 3.63) is 51.7 Å². The van der Waals surface area contributed by atoms with Gasteiger partial charge in [-0.2, -0.15) is 0 Å². The first-order valence-electron chi connectivity index (χ1n) is 7.24. The van der Waals surface area contributed by atoms with Crippen LogP contribution in [0.15, 0.2) is 41.6 Å². The molecular weight excluding hydrogens is 326 g/mol. The molecule has 0 radical (unpaired) electrons. The summed E-state index contributed by atoms with van der Waals surface area (Å²) in [5.41, 5.74) is 2.22. The van der Waals surface area contributed by atoms with Crippen LogP contribution in [0.3, 0.4) is 0 Å². The average molecular weight is 343 g/mol. The Morgan fingerprint density at radius 3 is 2.65 bits per heavy atom. The van der Waals surface area contributed by atoms with Gasteiger partial charge in [0.1, 0.15) is 0 Å². The second kappa shape index (κ2) is 6.68. The van der Waals surface area contributed by atoms with E-state index in [4.69, 9.17) is 0 Å². The standard InChI is InChI=1S/C17H17N3OS2/c1-11-6-4-5-7-13(11)16-18-19-17(20(16)3)22-10-14(21)15-9-8-12(2)23-15/h4-9H,10H2,1-3H3. The zero-order valence-corrected chi connectivity index (χ0v) is 14.9. The minimum atomic E-state index is 0.133. The Kier molecular flexibility index (Phi) is 4.63. The predicted molar refractivity (Wildman–Crippen MR) is 95.3 cm³/mol. The third-order valence-electron chi connectivity index (χ3n) is 3.57. The first-order valence-corrected chi connectivity index (χ1v) is 9.04. The van der Waals surface area contributed by atoms with Crippen molar-refractivity contribution in [2.24, 2.45) is 7.05 Å². The smallest absolute Gasteiger partial charge is 0.191 e. The maximum absolute atomic E-state index is 12.2. The first-order chi connectivity index (χ1) is 11.1. The molecule has 1 aromatic carbocycles. The van der Waals surface area contributed by atoms with Gasteiger partial charge >= 0.3 is 0 Å². The Hall–Kier alpha value is -1.92. The lowest BCUT2D eigenvalue weighted by molar-refractivity contribution is 0.102. The van der Waals surface area contributed by atoms with E-state index in [0.717, 1.165) is 31.9 Å². The van der Waals surface area contributed by atoms with Crippen LogP contribution >= 0.6 is 23.1 Å². The SMILES string of the molecule is Cc1ccc(C(=O)CSc2nnc(-c3ccccc3C)n2C)s1. The van der Waals surface area contributed by atoms with Crippen LogP contribution in [0.4, 0.5) is 0 Å². The quantitative estimate of drug-likeness (QED) is 0.516. The number of ketones is 1. The van der Waals surface area contributed by atoms with E-state index in [1.165, 1.54) is 23.1 Å². The largest absolute Gasteiger partial charge is 0.305 e. The molecule has 0 saturated carbocycles. The molecule has 118 valence electrons. The Bertz CT molecular complexity index is 851. The maximum atomic E-state index is 12.2. The summed E-state index contributed by atoms with van der Waals surface area (Å²) in [6.45, 7) is 4.06. The maximum Gasteiger partial charge on any atom is 0.191 e. The number of carbonyl (C=O) groups is 1. The number of aromatic nitrogens is 3. The van der Waals surface area contributed by atoms with E-state index in [-0.39, 0.29) is 5.78 Å². The molecule has 0 saturated heterocycles. The van der Waals surface area contributed by atoms with Gasteiger partial charge in [0.2, 0.25) is 0 Å². The topological polar surface area (TPSA) is 47.8 Å². The van der Waals surface area contributed by atoms with Gasteiger partial charge < -0.3 is 4.57 Å². The summed E-state index contributed by atoms with van der Waals surface area (Å²) in [5, 5.41) is 9.27. The summed E-state index contributed by atoms with van der Waals surface area (Å²) in [6, 6.07) is 11.9. The Balaban J connectivity index is 1.75. The lowest BCUT2D eigenvalue weighted by Crippen LogP contribution is -2.02. The molecule has 3 aromatic rings. The number of aryl methyl sites for hydroxylation is 2. The Labute approximate surface area is 143 Å². The molecule has 0 aliphatic heterocycles. The fraction of sp³-hybridized carbons (Fsp3) is 0.235. The third kappa shape index (κ3) is 3.38. The van der Waals surface area contributed by atoms with E-state index in [1.807, 2.05) is 48.9 Å². The number of rotatable bonds is 5. The van der Waals surface area contributed by atoms with Crippen LogP contribution in [-0.2, 0) is 7.05 Å². The number of benzene rings is 1. The lowest BCUT2D eigenvalue weighted by Gasteiger charge is -2.05. The van der Waals surface area contributed by atoms with Crippen molar-refractivity contribution < 1.29 is 4.79 Å². The van der Waals surface area contributed by atoms with Crippen molar-refractivity contribution in [3.8, 4) is 11.4 Å². The van der Waals surface area contributed by atoms with Crippen molar-refractivity contribution in [2.75, 3.05) is 5.75 Å². The van der Waals surface area contributed by atoms with Crippen molar-refractivity contribution in [3.63, 3.8) is 0 Å². The van der Waals surface area contributed by atoms with Crippen LogP contribution in [0.1, 0.15) is 20.1 Å². The summed E-state index contributed by atoms with van der Waals surface area (Å²) >= 11 is 2.96. The number of thiophene rings is 1. The fourth-order valence-corrected chi connectivity index (χ4v) is 3.98. The first kappa shape index (κ1) is 16.0. The predicted octanol–water partition coefficient (Wildman–Crippen LogP) is 4.14. The van der Waals surface area contributed by atoms with Crippen LogP contribution < -0.4 is 0 Å². The van der Waals surface area contributed by atoms with Crippen molar-refractivity contribution in [1.82, 2.24) is 14.8 Å². The van der Waals surface area contributed by atoms with E-state index in [9.17, 15) is 4.79 Å². The molecule has 0 fully saturated rings. The van der Waals surface area contributed by atoms with Gasteiger partial charge in [0.25, 0.3) is 0 Å². The minimum absolute atomic E-state index is 0.133. The number of hydrogen-bond acceptors (Lipinski definition) is 5. The van der Waals surface area contributed by atoms with Gasteiger partial charge in [-0.1, -0.05) is 36.0 Å². The molecule has 0 atom stereocenters. The van der Waals surface area contributed by atoms with E-state index in [1.54, 1.807) is 0 Å². The number of hydrogen-bond donors (Lipinski definition) is 0. The van der Waals surface area contributed by atoms with Gasteiger partial charge in [-0.15, -0.1) is 21.5 Å². The molecule has 0 aliphatic carbocycles. The Morgan fingerprint density at radius 1 is 1.17 bits per heavy atom. The van der Waals surface area contributed by atoms with Crippen LogP contribution in [0.2, 0.25) is 0 Å². The van der Waals surface area contributed by atoms with Crippen LogP contribution in [0.25, 0.3) is 11.4 Å². The van der Waals surface area contributed by atoms with Crippen LogP contribution in [0.5, 0.6) is 0 Å². The molecule has 0 unspecified atom stereocenters. The molecule has 0 amide bonds.